The second-order valence-corrected chi connectivity index (χ2v) is 22.1. The van der Waals surface area contributed by atoms with Gasteiger partial charge in [0.05, 0.1) is 31.3 Å². The van der Waals surface area contributed by atoms with Crippen LogP contribution in [0.15, 0.2) is 82.9 Å². The summed E-state index contributed by atoms with van der Waals surface area (Å²) in [6, 6.07) is 13.8. The van der Waals surface area contributed by atoms with Gasteiger partial charge in [-0.05, 0) is 98.0 Å². The van der Waals surface area contributed by atoms with Gasteiger partial charge >= 0.3 is 17.9 Å². The van der Waals surface area contributed by atoms with E-state index >= 15 is 4.79 Å². The number of hydrogen-bond donors (Lipinski definition) is 2. The van der Waals surface area contributed by atoms with Crippen molar-refractivity contribution in [1.82, 2.24) is 19.7 Å². The number of halogens is 1. The number of piperidine rings is 1. The maximum absolute atomic E-state index is 15.7. The van der Waals surface area contributed by atoms with Crippen LogP contribution < -0.4 is 0 Å². The largest absolute Gasteiger partial charge is 0.468 e. The minimum Gasteiger partial charge on any atom is -0.468 e. The summed E-state index contributed by atoms with van der Waals surface area (Å²) < 4.78 is 31.6. The summed E-state index contributed by atoms with van der Waals surface area (Å²) in [4.78, 5) is 68.8. The topological polar surface area (TPSA) is 163 Å². The third-order valence-corrected chi connectivity index (χ3v) is 19.1. The molecule has 2 bridgehead atoms. The summed E-state index contributed by atoms with van der Waals surface area (Å²) in [7, 11) is 4.34. The minimum atomic E-state index is -1.89. The normalized spacial score (nSPS) is 38.2. The van der Waals surface area contributed by atoms with Crippen molar-refractivity contribution in [3.63, 3.8) is 0 Å². The van der Waals surface area contributed by atoms with E-state index in [9.17, 15) is 19.5 Å². The van der Waals surface area contributed by atoms with Crippen LogP contribution in [0.2, 0.25) is 5.02 Å². The summed E-state index contributed by atoms with van der Waals surface area (Å²) in [5.74, 6) is -1.96. The van der Waals surface area contributed by atoms with E-state index in [-0.39, 0.29) is 5.92 Å². The number of rotatable bonds is 11. The SMILES string of the molecule is CC[C@]1(O)C[C@H]2CN(CCc3c([nH]c4ccc(SCc5ccccc5Cl)cc34)[C@@](C(=O)OC)(C3C=C4C(=CC3OC)N(C=O)[C@@]35O[C@]3(C(=O)OC)[C@H](OC(C)=O)[C@]3(CC)C=CCN6CC[C@]45[C@@H]63)C2)C1. The van der Waals surface area contributed by atoms with Gasteiger partial charge in [-0.3, -0.25) is 29.1 Å². The number of likely N-dealkylation sites (tertiary alicyclic amines) is 1. The smallest absolute Gasteiger partial charge is 0.347 e. The van der Waals surface area contributed by atoms with Crippen molar-refractivity contribution in [2.75, 3.05) is 54.1 Å². The van der Waals surface area contributed by atoms with E-state index < -0.39 is 75.2 Å². The van der Waals surface area contributed by atoms with Gasteiger partial charge in [-0.15, -0.1) is 11.8 Å². The molecule has 14 nitrogen and oxygen atoms in total. The van der Waals surface area contributed by atoms with Crippen LogP contribution in [0.25, 0.3) is 10.9 Å². The average Bonchev–Trinajstić information content (AvgIpc) is 3.56. The van der Waals surface area contributed by atoms with Gasteiger partial charge in [0.1, 0.15) is 5.41 Å². The van der Waals surface area contributed by atoms with Crippen molar-refractivity contribution < 1.29 is 48.0 Å². The molecule has 12 atom stereocenters. The van der Waals surface area contributed by atoms with Gasteiger partial charge in [0.15, 0.2) is 6.10 Å². The Balaban J connectivity index is 1.15. The number of hydrogen-bond acceptors (Lipinski definition) is 13. The van der Waals surface area contributed by atoms with Gasteiger partial charge in [0.2, 0.25) is 12.1 Å². The number of aromatic nitrogens is 1. The second kappa shape index (κ2) is 16.5. The highest BCUT2D eigenvalue weighted by molar-refractivity contribution is 7.98. The zero-order valence-corrected chi connectivity index (χ0v) is 41.6. The molecule has 3 aromatic rings. The highest BCUT2D eigenvalue weighted by atomic mass is 35.5. The fraction of sp³-hybridized carbons (Fsp3) is 0.547. The quantitative estimate of drug-likeness (QED) is 0.0538. The summed E-state index contributed by atoms with van der Waals surface area (Å²) in [5.41, 5.74) is -3.02. The molecule has 11 rings (SSSR count). The standard InChI is InChI=1S/C53H61ClN4O10S/c1-7-48(63)25-32-26-50(46(61)65-5,43-35(16-20-56(27-32)29-48)36-22-34(14-15-40(36)55-43)69-28-33-12-9-10-13-39(33)54)38-23-37-41(24-42(38)64-4)58(30-59)53-51(37)18-21-57-19-11-17-49(8-2,44(51)57)45(67-31(3)60)52(53,68-53)47(62)66-6/h9-15,17,22-24,30,32,38,42,44-45,55,63H,7-8,16,18-21,25-29H2,1-6H3/t32-,38?,42?,44+,45-,48+,49-,50+,51-,52+,53+/m1/s1. The molecule has 4 saturated heterocycles. The number of nitrogens with zero attached hydrogens (tertiary/aromatic N) is 3. The number of H-pyrrole nitrogens is 1. The van der Waals surface area contributed by atoms with Crippen LogP contribution in [-0.2, 0) is 60.5 Å². The van der Waals surface area contributed by atoms with Crippen molar-refractivity contribution in [3.8, 4) is 0 Å². The number of thioether (sulfide) groups is 1. The van der Waals surface area contributed by atoms with E-state index in [4.69, 9.17) is 35.3 Å². The molecular weight excluding hydrogens is 920 g/mol. The molecule has 1 aromatic heterocycles. The first kappa shape index (κ1) is 46.9. The number of fused-ring (bicyclic) bond motifs is 6. The summed E-state index contributed by atoms with van der Waals surface area (Å²) >= 11 is 8.30. The number of ether oxygens (including phenoxy) is 5. The Morgan fingerprint density at radius 1 is 1.03 bits per heavy atom. The Morgan fingerprint density at radius 3 is 2.54 bits per heavy atom. The number of carbonyl (C=O) groups is 4. The van der Waals surface area contributed by atoms with E-state index in [1.54, 1.807) is 18.9 Å². The molecule has 2 spiro atoms. The molecule has 0 radical (unpaired) electrons. The molecule has 5 fully saturated rings. The predicted molar refractivity (Wildman–Crippen MR) is 258 cm³/mol. The number of benzene rings is 2. The van der Waals surface area contributed by atoms with E-state index in [2.05, 4.69) is 51.2 Å². The Hall–Kier alpha value is -4.48. The highest BCUT2D eigenvalue weighted by Crippen LogP contribution is 2.82. The molecule has 6 aliphatic heterocycles. The Bertz CT molecular complexity index is 2760. The molecule has 2 N–H and O–H groups in total. The van der Waals surface area contributed by atoms with Gasteiger partial charge in [-0.1, -0.05) is 61.9 Å². The number of allylic oxidation sites excluding steroid dienone is 1. The molecule has 69 heavy (non-hydrogen) atoms. The monoisotopic (exact) mass is 980 g/mol. The van der Waals surface area contributed by atoms with Gasteiger partial charge in [0.25, 0.3) is 5.60 Å². The van der Waals surface area contributed by atoms with Crippen molar-refractivity contribution in [2.45, 2.75) is 111 Å². The number of aromatic amines is 1. The van der Waals surface area contributed by atoms with Crippen LogP contribution in [0.4, 0.5) is 0 Å². The Kier molecular flexibility index (Phi) is 11.2. The molecule has 1 amide bonds. The van der Waals surface area contributed by atoms with Gasteiger partial charge in [-0.2, -0.15) is 0 Å². The number of carbonyl (C=O) groups excluding carboxylic acids is 4. The van der Waals surface area contributed by atoms with Crippen LogP contribution in [-0.4, -0.2) is 138 Å². The molecule has 3 unspecified atom stereocenters. The molecular formula is C53H61ClN4O10S. The first-order valence-electron chi connectivity index (χ1n) is 24.3. The fourth-order valence-corrected chi connectivity index (χ4v) is 16.3. The van der Waals surface area contributed by atoms with Gasteiger partial charge in [-0.25, -0.2) is 4.79 Å². The number of amides is 1. The van der Waals surface area contributed by atoms with E-state index in [1.165, 1.54) is 26.0 Å². The lowest BCUT2D eigenvalue weighted by molar-refractivity contribution is -0.183. The molecule has 8 aliphatic rings. The fourth-order valence-electron chi connectivity index (χ4n) is 15.1. The van der Waals surface area contributed by atoms with Crippen molar-refractivity contribution in [3.05, 3.63) is 99.9 Å². The van der Waals surface area contributed by atoms with Gasteiger partial charge < -0.3 is 33.8 Å². The van der Waals surface area contributed by atoms with Crippen LogP contribution in [0.3, 0.4) is 0 Å². The third-order valence-electron chi connectivity index (χ3n) is 17.7. The summed E-state index contributed by atoms with van der Waals surface area (Å²) in [5, 5.41) is 13.9. The molecule has 1 saturated carbocycles. The highest BCUT2D eigenvalue weighted by Gasteiger charge is 3.00. The van der Waals surface area contributed by atoms with Crippen LogP contribution >= 0.6 is 23.4 Å². The van der Waals surface area contributed by atoms with E-state index in [1.807, 2.05) is 44.2 Å². The third kappa shape index (κ3) is 6.16. The van der Waals surface area contributed by atoms with E-state index in [0.717, 1.165) is 38.2 Å². The molecule has 16 heteroatoms. The van der Waals surface area contributed by atoms with Gasteiger partial charge in [0, 0.05) is 95.6 Å². The first-order valence-corrected chi connectivity index (χ1v) is 25.7. The summed E-state index contributed by atoms with van der Waals surface area (Å²) in [6.45, 7) is 8.43. The Morgan fingerprint density at radius 2 is 1.83 bits per heavy atom. The lowest BCUT2D eigenvalue weighted by Crippen LogP contribution is -2.74. The van der Waals surface area contributed by atoms with Crippen LogP contribution in [0, 0.1) is 22.7 Å². The van der Waals surface area contributed by atoms with Crippen LogP contribution in [0.5, 0.6) is 0 Å². The van der Waals surface area contributed by atoms with Crippen molar-refractivity contribution >= 4 is 58.6 Å². The van der Waals surface area contributed by atoms with Crippen molar-refractivity contribution in [2.24, 2.45) is 22.7 Å². The van der Waals surface area contributed by atoms with Crippen molar-refractivity contribution in [1.29, 1.82) is 0 Å². The number of esters is 3. The number of epoxide rings is 1. The molecule has 2 aromatic carbocycles. The zero-order valence-electron chi connectivity index (χ0n) is 40.0. The van der Waals surface area contributed by atoms with E-state index in [0.29, 0.717) is 94.1 Å². The number of aliphatic hydroxyl groups is 1. The van der Waals surface area contributed by atoms with Crippen LogP contribution in [0.1, 0.15) is 69.7 Å². The first-order chi connectivity index (χ1) is 33.2. The number of methoxy groups -OCH3 is 3. The number of nitrogens with one attached hydrogen (secondary N) is 1. The molecule has 2 aliphatic carbocycles. The predicted octanol–water partition coefficient (Wildman–Crippen LogP) is 6.47. The lowest BCUT2D eigenvalue weighted by atomic mass is 9.48. The summed E-state index contributed by atoms with van der Waals surface area (Å²) in [6.07, 6.45) is 9.91. The maximum Gasteiger partial charge on any atom is 0.347 e. The zero-order chi connectivity index (χ0) is 48.5. The molecule has 7 heterocycles. The minimum absolute atomic E-state index is 0.140. The Labute approximate surface area is 411 Å². The molecule has 366 valence electrons. The average molecular weight is 982 g/mol. The second-order valence-electron chi connectivity index (χ2n) is 20.6. The maximum atomic E-state index is 15.7. The lowest BCUT2D eigenvalue weighted by Gasteiger charge is -2.58.